The standard InChI is InChI=1S/C22H43NO3S2/c1-20(2,3)9-13-26-19(24)22(7,8)18-17-23(11-14-25-18)12-16-28-27-15-10-21(4,5)6/h18H,9-17H2,1-8H3. The zero-order chi connectivity index (χ0) is 21.4. The molecule has 1 unspecified atom stereocenters. The van der Waals surface area contributed by atoms with Crippen LogP contribution in [0.15, 0.2) is 0 Å². The Morgan fingerprint density at radius 2 is 1.61 bits per heavy atom. The first kappa shape index (κ1) is 26.1. The SMILES string of the molecule is CC(C)(C)CCOC(=O)C(C)(C)C1CN(CCSSCCC(C)(C)C)CCO1. The van der Waals surface area contributed by atoms with Gasteiger partial charge in [0, 0.05) is 31.1 Å². The number of hydrogen-bond donors (Lipinski definition) is 0. The van der Waals surface area contributed by atoms with Crippen molar-refractivity contribution in [3.8, 4) is 0 Å². The van der Waals surface area contributed by atoms with Crippen LogP contribution in [0.25, 0.3) is 0 Å². The summed E-state index contributed by atoms with van der Waals surface area (Å²) in [4.78, 5) is 15.1. The van der Waals surface area contributed by atoms with E-state index in [2.05, 4.69) is 46.4 Å². The topological polar surface area (TPSA) is 38.8 Å². The molecular weight excluding hydrogens is 390 g/mol. The molecule has 0 aromatic carbocycles. The van der Waals surface area contributed by atoms with Crippen molar-refractivity contribution in [3.05, 3.63) is 0 Å². The summed E-state index contributed by atoms with van der Waals surface area (Å²) < 4.78 is 11.5. The highest BCUT2D eigenvalue weighted by Gasteiger charge is 2.41. The second kappa shape index (κ2) is 11.5. The van der Waals surface area contributed by atoms with Crippen LogP contribution in [0.5, 0.6) is 0 Å². The van der Waals surface area contributed by atoms with Crippen LogP contribution in [0, 0.1) is 16.2 Å². The first-order valence-corrected chi connectivity index (χ1v) is 13.1. The third-order valence-electron chi connectivity index (χ3n) is 5.08. The molecule has 0 aromatic rings. The zero-order valence-corrected chi connectivity index (χ0v) is 21.1. The number of rotatable bonds is 10. The molecule has 0 spiro atoms. The monoisotopic (exact) mass is 433 g/mol. The van der Waals surface area contributed by atoms with E-state index >= 15 is 0 Å². The summed E-state index contributed by atoms with van der Waals surface area (Å²) in [6, 6.07) is 0. The Bertz CT molecular complexity index is 469. The molecule has 0 saturated carbocycles. The smallest absolute Gasteiger partial charge is 0.314 e. The summed E-state index contributed by atoms with van der Waals surface area (Å²) >= 11 is 0. The molecule has 0 amide bonds. The predicted molar refractivity (Wildman–Crippen MR) is 124 cm³/mol. The maximum atomic E-state index is 12.6. The average molecular weight is 434 g/mol. The maximum absolute atomic E-state index is 12.6. The van der Waals surface area contributed by atoms with Gasteiger partial charge in [-0.15, -0.1) is 0 Å². The normalized spacial score (nSPS) is 19.6. The lowest BCUT2D eigenvalue weighted by Crippen LogP contribution is -2.52. The molecule has 1 saturated heterocycles. The van der Waals surface area contributed by atoms with E-state index in [0.29, 0.717) is 18.6 Å². The number of morpholine rings is 1. The van der Waals surface area contributed by atoms with Crippen molar-refractivity contribution in [1.29, 1.82) is 0 Å². The van der Waals surface area contributed by atoms with Gasteiger partial charge in [-0.2, -0.15) is 0 Å². The molecule has 1 aliphatic heterocycles. The van der Waals surface area contributed by atoms with Crippen molar-refractivity contribution in [2.24, 2.45) is 16.2 Å². The lowest BCUT2D eigenvalue weighted by molar-refractivity contribution is -0.169. The Hall–Kier alpha value is 0.0900. The van der Waals surface area contributed by atoms with E-state index in [-0.39, 0.29) is 17.5 Å². The van der Waals surface area contributed by atoms with Gasteiger partial charge in [-0.25, -0.2) is 0 Å². The fraction of sp³-hybridized carbons (Fsp3) is 0.955. The molecule has 1 rings (SSSR count). The van der Waals surface area contributed by atoms with Crippen LogP contribution in [-0.2, 0) is 14.3 Å². The molecule has 0 N–H and O–H groups in total. The summed E-state index contributed by atoms with van der Waals surface area (Å²) in [5.41, 5.74) is -0.0334. The third-order valence-corrected chi connectivity index (χ3v) is 7.46. The van der Waals surface area contributed by atoms with Crippen LogP contribution in [0.2, 0.25) is 0 Å². The van der Waals surface area contributed by atoms with Gasteiger partial charge in [0.2, 0.25) is 0 Å². The van der Waals surface area contributed by atoms with Gasteiger partial charge in [-0.05, 0) is 37.5 Å². The third kappa shape index (κ3) is 10.7. The Morgan fingerprint density at radius 3 is 2.21 bits per heavy atom. The molecule has 1 atom stereocenters. The molecule has 6 heteroatoms. The van der Waals surface area contributed by atoms with Crippen molar-refractivity contribution < 1.29 is 14.3 Å². The zero-order valence-electron chi connectivity index (χ0n) is 19.4. The van der Waals surface area contributed by atoms with Gasteiger partial charge in [0.15, 0.2) is 0 Å². The lowest BCUT2D eigenvalue weighted by Gasteiger charge is -2.39. The second-order valence-electron chi connectivity index (χ2n) is 10.8. The summed E-state index contributed by atoms with van der Waals surface area (Å²) in [6.45, 7) is 21.2. The van der Waals surface area contributed by atoms with Gasteiger partial charge in [0.05, 0.1) is 24.7 Å². The van der Waals surface area contributed by atoms with Crippen molar-refractivity contribution in [1.82, 2.24) is 4.90 Å². The Balaban J connectivity index is 2.35. The molecule has 0 radical (unpaired) electrons. The number of nitrogens with zero attached hydrogens (tertiary/aromatic N) is 1. The fourth-order valence-corrected chi connectivity index (χ4v) is 5.19. The minimum Gasteiger partial charge on any atom is -0.465 e. The number of hydrogen-bond acceptors (Lipinski definition) is 6. The van der Waals surface area contributed by atoms with Crippen LogP contribution in [0.4, 0.5) is 0 Å². The van der Waals surface area contributed by atoms with Crippen molar-refractivity contribution in [2.75, 3.05) is 44.4 Å². The molecule has 1 aliphatic rings. The highest BCUT2D eigenvalue weighted by molar-refractivity contribution is 8.76. The molecular formula is C22H43NO3S2. The van der Waals surface area contributed by atoms with Gasteiger partial charge in [-0.1, -0.05) is 63.1 Å². The van der Waals surface area contributed by atoms with Gasteiger partial charge in [0.1, 0.15) is 0 Å². The van der Waals surface area contributed by atoms with Crippen LogP contribution in [-0.4, -0.2) is 61.3 Å². The van der Waals surface area contributed by atoms with Gasteiger partial charge in [-0.3, -0.25) is 9.69 Å². The number of carbonyl (C=O) groups excluding carboxylic acids is 1. The summed E-state index contributed by atoms with van der Waals surface area (Å²) in [6.07, 6.45) is 2.01. The molecule has 166 valence electrons. The Morgan fingerprint density at radius 1 is 1.00 bits per heavy atom. The minimum atomic E-state index is -0.620. The van der Waals surface area contributed by atoms with E-state index in [1.54, 1.807) is 0 Å². The van der Waals surface area contributed by atoms with Crippen molar-refractivity contribution >= 4 is 27.6 Å². The molecule has 1 fully saturated rings. The van der Waals surface area contributed by atoms with Gasteiger partial charge in [0.25, 0.3) is 0 Å². The summed E-state index contributed by atoms with van der Waals surface area (Å²) in [7, 11) is 3.93. The Kier molecular flexibility index (Phi) is 10.7. The van der Waals surface area contributed by atoms with E-state index in [4.69, 9.17) is 9.47 Å². The Labute approximate surface area is 181 Å². The van der Waals surface area contributed by atoms with E-state index in [1.165, 1.54) is 12.2 Å². The second-order valence-corrected chi connectivity index (χ2v) is 13.5. The first-order valence-electron chi connectivity index (χ1n) is 10.6. The fourth-order valence-electron chi connectivity index (χ4n) is 2.74. The molecule has 1 heterocycles. The van der Waals surface area contributed by atoms with Crippen molar-refractivity contribution in [2.45, 2.75) is 74.3 Å². The first-order chi connectivity index (χ1) is 12.8. The van der Waals surface area contributed by atoms with Crippen molar-refractivity contribution in [3.63, 3.8) is 0 Å². The highest BCUT2D eigenvalue weighted by Crippen LogP contribution is 2.30. The van der Waals surface area contributed by atoms with Crippen LogP contribution >= 0.6 is 21.6 Å². The molecule has 0 bridgehead atoms. The number of ether oxygens (including phenoxy) is 2. The molecule has 0 aliphatic carbocycles. The van der Waals surface area contributed by atoms with Crippen LogP contribution < -0.4 is 0 Å². The van der Waals surface area contributed by atoms with Gasteiger partial charge < -0.3 is 9.47 Å². The van der Waals surface area contributed by atoms with E-state index in [0.717, 1.165) is 31.8 Å². The quantitative estimate of drug-likeness (QED) is 0.257. The van der Waals surface area contributed by atoms with Gasteiger partial charge >= 0.3 is 5.97 Å². The highest BCUT2D eigenvalue weighted by atomic mass is 33.1. The average Bonchev–Trinajstić information content (AvgIpc) is 2.56. The summed E-state index contributed by atoms with van der Waals surface area (Å²) in [5.74, 6) is 2.17. The minimum absolute atomic E-state index is 0.109. The van der Waals surface area contributed by atoms with Crippen LogP contribution in [0.1, 0.15) is 68.2 Å². The number of carbonyl (C=O) groups is 1. The number of esters is 1. The molecule has 0 aromatic heterocycles. The summed E-state index contributed by atoms with van der Waals surface area (Å²) in [5, 5.41) is 0. The largest absolute Gasteiger partial charge is 0.465 e. The van der Waals surface area contributed by atoms with E-state index in [1.807, 2.05) is 35.4 Å². The van der Waals surface area contributed by atoms with E-state index < -0.39 is 5.41 Å². The van der Waals surface area contributed by atoms with Crippen LogP contribution in [0.3, 0.4) is 0 Å². The van der Waals surface area contributed by atoms with E-state index in [9.17, 15) is 4.79 Å². The molecule has 28 heavy (non-hydrogen) atoms. The predicted octanol–water partition coefficient (Wildman–Crippen LogP) is 5.51. The maximum Gasteiger partial charge on any atom is 0.314 e. The lowest BCUT2D eigenvalue weighted by atomic mass is 9.85. The molecule has 4 nitrogen and oxygen atoms in total.